The van der Waals surface area contributed by atoms with E-state index in [9.17, 15) is 0 Å². The minimum atomic E-state index is 1.24. The van der Waals surface area contributed by atoms with Gasteiger partial charge >= 0.3 is 0 Å². The van der Waals surface area contributed by atoms with Crippen LogP contribution < -0.4 is 0 Å². The number of rotatable bonds is 2. The van der Waals surface area contributed by atoms with Crippen molar-refractivity contribution in [1.82, 2.24) is 0 Å². The van der Waals surface area contributed by atoms with E-state index in [0.29, 0.717) is 0 Å². The van der Waals surface area contributed by atoms with Gasteiger partial charge in [-0.1, -0.05) is 133 Å². The predicted molar refractivity (Wildman–Crippen MR) is 200 cm³/mol. The van der Waals surface area contributed by atoms with Gasteiger partial charge in [0.05, 0.1) is 0 Å². The molecule has 0 heteroatoms. The zero-order chi connectivity index (χ0) is 30.2. The maximum atomic E-state index is 2.47. The Morgan fingerprint density at radius 2 is 0.565 bits per heavy atom. The maximum absolute atomic E-state index is 2.47. The summed E-state index contributed by atoms with van der Waals surface area (Å²) in [5.41, 5.74) is 5.07. The Morgan fingerprint density at radius 3 is 1.11 bits per heavy atom. The van der Waals surface area contributed by atoms with Gasteiger partial charge in [-0.25, -0.2) is 0 Å². The molecule has 0 N–H and O–H groups in total. The van der Waals surface area contributed by atoms with Crippen LogP contribution in [-0.4, -0.2) is 0 Å². The fraction of sp³-hybridized carbons (Fsp3) is 0. The second-order valence-corrected chi connectivity index (χ2v) is 12.5. The van der Waals surface area contributed by atoms with Crippen molar-refractivity contribution in [2.24, 2.45) is 0 Å². The summed E-state index contributed by atoms with van der Waals surface area (Å²) in [7, 11) is 0. The van der Waals surface area contributed by atoms with E-state index in [1.807, 2.05) is 0 Å². The van der Waals surface area contributed by atoms with E-state index in [1.54, 1.807) is 0 Å². The molecule has 0 aliphatic rings. The van der Waals surface area contributed by atoms with Crippen LogP contribution in [0.4, 0.5) is 0 Å². The molecule has 0 amide bonds. The van der Waals surface area contributed by atoms with Crippen LogP contribution in [0.15, 0.2) is 170 Å². The van der Waals surface area contributed by atoms with Crippen LogP contribution in [0, 0.1) is 0 Å². The summed E-state index contributed by atoms with van der Waals surface area (Å²) in [5, 5.41) is 17.8. The van der Waals surface area contributed by atoms with Gasteiger partial charge < -0.3 is 0 Å². The molecule has 0 saturated carbocycles. The smallest absolute Gasteiger partial charge is 0.00257 e. The molecule has 10 rings (SSSR count). The third-order valence-corrected chi connectivity index (χ3v) is 9.92. The zero-order valence-corrected chi connectivity index (χ0v) is 25.2. The molecule has 0 nitrogen and oxygen atoms in total. The van der Waals surface area contributed by atoms with E-state index in [1.165, 1.54) is 97.7 Å². The monoisotopic (exact) mass is 580 g/mol. The molecule has 10 aromatic rings. The number of hydrogen-bond donors (Lipinski definition) is 0. The van der Waals surface area contributed by atoms with Crippen LogP contribution in [0.2, 0.25) is 0 Å². The largest absolute Gasteiger partial charge is 0.0616 e. The van der Waals surface area contributed by atoms with Crippen LogP contribution in [-0.2, 0) is 0 Å². The van der Waals surface area contributed by atoms with Crippen molar-refractivity contribution < 1.29 is 0 Å². The summed E-state index contributed by atoms with van der Waals surface area (Å²) in [5.74, 6) is 0. The van der Waals surface area contributed by atoms with Gasteiger partial charge in [0, 0.05) is 0 Å². The maximum Gasteiger partial charge on any atom is -0.00257 e. The standard InChI is InChI=1S/C46H28/c1-3-12-32-23-37(21-17-29(32)9-1)45-41-25-34-14-5-6-15-35(34)26-42(41)46(38-22-18-30-10-2-4-13-33(30)24-38)44-28-40-36(27-43(44)45)20-19-31-11-7-8-16-39(31)40/h1-28H. The van der Waals surface area contributed by atoms with E-state index in [2.05, 4.69) is 170 Å². The Kier molecular flexibility index (Phi) is 5.38. The first-order chi connectivity index (χ1) is 22.8. The molecule has 0 aliphatic carbocycles. The minimum Gasteiger partial charge on any atom is -0.0616 e. The Balaban J connectivity index is 1.45. The quantitative estimate of drug-likeness (QED) is 0.141. The van der Waals surface area contributed by atoms with Gasteiger partial charge in [-0.2, -0.15) is 0 Å². The van der Waals surface area contributed by atoms with Gasteiger partial charge in [-0.15, -0.1) is 0 Å². The lowest BCUT2D eigenvalue weighted by atomic mass is 9.83. The fourth-order valence-electron chi connectivity index (χ4n) is 7.72. The van der Waals surface area contributed by atoms with Crippen LogP contribution in [0.25, 0.3) is 97.7 Å². The van der Waals surface area contributed by atoms with Gasteiger partial charge in [0.25, 0.3) is 0 Å². The first-order valence-electron chi connectivity index (χ1n) is 16.0. The first-order valence-corrected chi connectivity index (χ1v) is 16.0. The van der Waals surface area contributed by atoms with Crippen molar-refractivity contribution in [1.29, 1.82) is 0 Å². The topological polar surface area (TPSA) is 0 Å². The van der Waals surface area contributed by atoms with Gasteiger partial charge in [0.15, 0.2) is 0 Å². The minimum absolute atomic E-state index is 1.24. The fourth-order valence-corrected chi connectivity index (χ4v) is 7.72. The third kappa shape index (κ3) is 3.81. The molecule has 0 spiro atoms. The highest BCUT2D eigenvalue weighted by atomic mass is 14.2. The molecule has 212 valence electrons. The number of benzene rings is 10. The third-order valence-electron chi connectivity index (χ3n) is 9.92. The second-order valence-electron chi connectivity index (χ2n) is 12.5. The average Bonchev–Trinajstić information content (AvgIpc) is 3.12. The molecule has 0 atom stereocenters. The Morgan fingerprint density at radius 1 is 0.196 bits per heavy atom. The average molecular weight is 581 g/mol. The van der Waals surface area contributed by atoms with Crippen molar-refractivity contribution in [2.75, 3.05) is 0 Å². The summed E-state index contributed by atoms with van der Waals surface area (Å²) in [6.07, 6.45) is 0. The van der Waals surface area contributed by atoms with Gasteiger partial charge in [-0.3, -0.25) is 0 Å². The highest BCUT2D eigenvalue weighted by Gasteiger charge is 2.19. The molecule has 0 aliphatic heterocycles. The lowest BCUT2D eigenvalue weighted by Gasteiger charge is -2.20. The second kappa shape index (κ2) is 9.76. The van der Waals surface area contributed by atoms with Crippen LogP contribution in [0.1, 0.15) is 0 Å². The predicted octanol–water partition coefficient (Wildman–Crippen LogP) is 13.1. The summed E-state index contributed by atoms with van der Waals surface area (Å²) < 4.78 is 0. The van der Waals surface area contributed by atoms with Crippen molar-refractivity contribution >= 4 is 75.4 Å². The molecule has 10 aromatic carbocycles. The molecule has 0 heterocycles. The summed E-state index contributed by atoms with van der Waals surface area (Å²) in [6, 6.07) is 63.1. The van der Waals surface area contributed by atoms with E-state index in [-0.39, 0.29) is 0 Å². The highest BCUT2D eigenvalue weighted by molar-refractivity contribution is 6.27. The summed E-state index contributed by atoms with van der Waals surface area (Å²) >= 11 is 0. The lowest BCUT2D eigenvalue weighted by molar-refractivity contribution is 1.70. The van der Waals surface area contributed by atoms with E-state index >= 15 is 0 Å². The van der Waals surface area contributed by atoms with Gasteiger partial charge in [-0.05, 0) is 134 Å². The number of hydrogen-bond acceptors (Lipinski definition) is 0. The van der Waals surface area contributed by atoms with E-state index < -0.39 is 0 Å². The number of fused-ring (bicyclic) bond motifs is 8. The van der Waals surface area contributed by atoms with Crippen molar-refractivity contribution in [3.8, 4) is 22.3 Å². The molecule has 0 saturated heterocycles. The first kappa shape index (κ1) is 25.4. The molecule has 46 heavy (non-hydrogen) atoms. The van der Waals surface area contributed by atoms with Crippen LogP contribution >= 0.6 is 0 Å². The van der Waals surface area contributed by atoms with Crippen LogP contribution in [0.5, 0.6) is 0 Å². The van der Waals surface area contributed by atoms with Gasteiger partial charge in [0.1, 0.15) is 0 Å². The SMILES string of the molecule is c1ccc2cc(-c3c4cc5ccccc5cc4c(-c4ccc5ccccc5c4)c4cc5c(ccc6ccccc65)cc34)ccc2c1. The molecular formula is C46H28. The molecule has 0 unspecified atom stereocenters. The van der Waals surface area contributed by atoms with Gasteiger partial charge in [0.2, 0.25) is 0 Å². The molecule has 0 radical (unpaired) electrons. The highest BCUT2D eigenvalue weighted by Crippen LogP contribution is 2.47. The molecule has 0 fully saturated rings. The molecule has 0 bridgehead atoms. The summed E-state index contributed by atoms with van der Waals surface area (Å²) in [4.78, 5) is 0. The Bertz CT molecular complexity index is 2850. The van der Waals surface area contributed by atoms with Crippen LogP contribution in [0.3, 0.4) is 0 Å². The lowest BCUT2D eigenvalue weighted by Crippen LogP contribution is -1.93. The summed E-state index contributed by atoms with van der Waals surface area (Å²) in [6.45, 7) is 0. The normalized spacial score (nSPS) is 11.9. The van der Waals surface area contributed by atoms with Crippen molar-refractivity contribution in [2.45, 2.75) is 0 Å². The Hall–Kier alpha value is -5.98. The van der Waals surface area contributed by atoms with Crippen molar-refractivity contribution in [3.05, 3.63) is 170 Å². The molecular weight excluding hydrogens is 553 g/mol. The Labute approximate surface area is 266 Å². The van der Waals surface area contributed by atoms with E-state index in [0.717, 1.165) is 0 Å². The van der Waals surface area contributed by atoms with Crippen molar-refractivity contribution in [3.63, 3.8) is 0 Å². The molecule has 0 aromatic heterocycles. The zero-order valence-electron chi connectivity index (χ0n) is 25.2. The van der Waals surface area contributed by atoms with E-state index in [4.69, 9.17) is 0 Å².